The van der Waals surface area contributed by atoms with Gasteiger partial charge in [-0.05, 0) is 90.6 Å². The van der Waals surface area contributed by atoms with Crippen LogP contribution < -0.4 is 14.5 Å². The van der Waals surface area contributed by atoms with Gasteiger partial charge in [0, 0.05) is 24.5 Å². The third kappa shape index (κ3) is 3.85. The molecule has 0 saturated carbocycles. The van der Waals surface area contributed by atoms with Gasteiger partial charge in [0.05, 0.1) is 12.2 Å². The molecule has 2 heterocycles. The quantitative estimate of drug-likeness (QED) is 0.249. The third-order valence-corrected chi connectivity index (χ3v) is 7.04. The number of carbonyl (C=O) groups excluding carboxylic acids is 1. The molecule has 4 aromatic carbocycles. The number of nitrogens with zero attached hydrogens (tertiary/aromatic N) is 2. The third-order valence-electron chi connectivity index (χ3n) is 7.04. The molecule has 0 N–H and O–H groups in total. The van der Waals surface area contributed by atoms with E-state index in [1.165, 1.54) is 28.1 Å². The molecule has 0 amide bonds. The minimum atomic E-state index is -0.333. The van der Waals surface area contributed by atoms with Gasteiger partial charge in [-0.15, -0.1) is 0 Å². The van der Waals surface area contributed by atoms with Crippen LogP contribution in [-0.4, -0.2) is 12.6 Å². The van der Waals surface area contributed by atoms with Crippen LogP contribution in [0.1, 0.15) is 38.2 Å². The Hall–Kier alpha value is -4.05. The van der Waals surface area contributed by atoms with E-state index in [1.54, 1.807) is 0 Å². The molecule has 0 aromatic heterocycles. The Morgan fingerprint density at radius 3 is 2.20 bits per heavy atom. The van der Waals surface area contributed by atoms with E-state index in [0.717, 1.165) is 42.0 Å². The maximum absolute atomic E-state index is 13.2. The maximum atomic E-state index is 13.2. The fraction of sp³-hybridized carbons (Fsp3) is 0.194. The molecule has 4 heteroatoms. The van der Waals surface area contributed by atoms with Gasteiger partial charge in [-0.1, -0.05) is 48.0 Å². The van der Waals surface area contributed by atoms with Crippen molar-refractivity contribution in [3.05, 3.63) is 112 Å². The summed E-state index contributed by atoms with van der Waals surface area (Å²) < 4.78 is 5.76. The van der Waals surface area contributed by atoms with E-state index in [0.29, 0.717) is 11.3 Å². The van der Waals surface area contributed by atoms with Gasteiger partial charge in [-0.25, -0.2) is 4.79 Å². The number of carbonyl (C=O) groups is 1. The van der Waals surface area contributed by atoms with Crippen LogP contribution in [0.3, 0.4) is 0 Å². The number of benzene rings is 4. The number of ether oxygens (including phenoxy) is 1. The highest BCUT2D eigenvalue weighted by molar-refractivity contribution is 5.99. The molecule has 174 valence electrons. The predicted octanol–water partition coefficient (Wildman–Crippen LogP) is 6.80. The van der Waals surface area contributed by atoms with Crippen molar-refractivity contribution in [1.82, 2.24) is 0 Å². The topological polar surface area (TPSA) is 32.8 Å². The minimum absolute atomic E-state index is 0.333. The first-order valence-corrected chi connectivity index (χ1v) is 12.1. The van der Waals surface area contributed by atoms with E-state index in [-0.39, 0.29) is 5.97 Å². The van der Waals surface area contributed by atoms with Crippen LogP contribution in [0.25, 0.3) is 11.1 Å². The molecule has 4 aromatic rings. The summed E-state index contributed by atoms with van der Waals surface area (Å²) in [5.74, 6) is 0.232. The highest BCUT2D eigenvalue weighted by Crippen LogP contribution is 2.40. The Morgan fingerprint density at radius 1 is 0.743 bits per heavy atom. The average molecular weight is 461 g/mol. The average Bonchev–Trinajstić information content (AvgIpc) is 2.83. The summed E-state index contributed by atoms with van der Waals surface area (Å²) in [5.41, 5.74) is 11.2. The van der Waals surface area contributed by atoms with Crippen LogP contribution in [0.4, 0.5) is 11.4 Å². The van der Waals surface area contributed by atoms with Crippen molar-refractivity contribution < 1.29 is 9.53 Å². The molecular formula is C31H28N2O2. The van der Waals surface area contributed by atoms with Crippen molar-refractivity contribution >= 4 is 17.3 Å². The standard InChI is InChI=1S/C31H28N2O2/c1-20-6-4-8-26(15-20)35-31(34)27-9-5-7-22(3)30(27)23-11-13-29-25(16-23)18-33-19-32(29)17-24-14-21(2)10-12-28(24)33/h4-16H,17-19H2,1-3H3. The maximum Gasteiger partial charge on any atom is 0.344 e. The van der Waals surface area contributed by atoms with E-state index in [4.69, 9.17) is 4.74 Å². The molecule has 35 heavy (non-hydrogen) atoms. The van der Waals surface area contributed by atoms with Crippen molar-refractivity contribution in [3.8, 4) is 16.9 Å². The summed E-state index contributed by atoms with van der Waals surface area (Å²) in [7, 11) is 0. The first-order chi connectivity index (χ1) is 17.0. The highest BCUT2D eigenvalue weighted by atomic mass is 16.5. The lowest BCUT2D eigenvalue weighted by Crippen LogP contribution is -2.46. The Labute approximate surface area is 206 Å². The van der Waals surface area contributed by atoms with Gasteiger partial charge in [0.25, 0.3) is 0 Å². The smallest absolute Gasteiger partial charge is 0.344 e. The molecule has 2 aliphatic rings. The molecule has 0 aliphatic carbocycles. The van der Waals surface area contributed by atoms with E-state index in [9.17, 15) is 4.79 Å². The minimum Gasteiger partial charge on any atom is -0.423 e. The number of hydrogen-bond acceptors (Lipinski definition) is 4. The first-order valence-electron chi connectivity index (χ1n) is 12.1. The number of fused-ring (bicyclic) bond motifs is 6. The van der Waals surface area contributed by atoms with E-state index >= 15 is 0 Å². The zero-order chi connectivity index (χ0) is 24.1. The number of rotatable bonds is 3. The summed E-state index contributed by atoms with van der Waals surface area (Å²) >= 11 is 0. The van der Waals surface area contributed by atoms with Crippen LogP contribution in [0.5, 0.6) is 5.75 Å². The molecule has 0 atom stereocenters. The van der Waals surface area contributed by atoms with Gasteiger partial charge < -0.3 is 14.5 Å². The number of esters is 1. The molecule has 0 fully saturated rings. The Kier molecular flexibility index (Phi) is 5.10. The van der Waals surface area contributed by atoms with Crippen molar-refractivity contribution in [1.29, 1.82) is 0 Å². The fourth-order valence-corrected chi connectivity index (χ4v) is 5.43. The monoisotopic (exact) mass is 460 g/mol. The summed E-state index contributed by atoms with van der Waals surface area (Å²) in [5, 5.41) is 0. The summed E-state index contributed by atoms with van der Waals surface area (Å²) in [4.78, 5) is 18.1. The van der Waals surface area contributed by atoms with Gasteiger partial charge >= 0.3 is 5.97 Å². The van der Waals surface area contributed by atoms with E-state index < -0.39 is 0 Å². The normalized spacial score (nSPS) is 13.8. The van der Waals surface area contributed by atoms with Crippen LogP contribution >= 0.6 is 0 Å². The Morgan fingerprint density at radius 2 is 1.43 bits per heavy atom. The fourth-order valence-electron chi connectivity index (χ4n) is 5.43. The van der Waals surface area contributed by atoms with Crippen molar-refractivity contribution in [3.63, 3.8) is 0 Å². The second-order valence-corrected chi connectivity index (χ2v) is 9.72. The van der Waals surface area contributed by atoms with Gasteiger partial charge in [0.15, 0.2) is 0 Å². The van der Waals surface area contributed by atoms with Crippen molar-refractivity contribution in [2.45, 2.75) is 33.9 Å². The summed E-state index contributed by atoms with van der Waals surface area (Å²) in [6, 6.07) is 26.8. The molecule has 0 radical (unpaired) electrons. The largest absolute Gasteiger partial charge is 0.423 e. The predicted molar refractivity (Wildman–Crippen MR) is 141 cm³/mol. The lowest BCUT2D eigenvalue weighted by molar-refractivity contribution is 0.0735. The highest BCUT2D eigenvalue weighted by Gasteiger charge is 2.30. The van der Waals surface area contributed by atoms with Crippen LogP contribution in [0.15, 0.2) is 78.9 Å². The molecular weight excluding hydrogens is 432 g/mol. The number of hydrogen-bond donors (Lipinski definition) is 0. The zero-order valence-corrected chi connectivity index (χ0v) is 20.3. The van der Waals surface area contributed by atoms with Crippen LogP contribution in [0, 0.1) is 20.8 Å². The van der Waals surface area contributed by atoms with Gasteiger partial charge in [0.2, 0.25) is 0 Å². The van der Waals surface area contributed by atoms with E-state index in [2.05, 4.69) is 66.1 Å². The molecule has 2 aliphatic heterocycles. The molecule has 2 bridgehead atoms. The SMILES string of the molecule is Cc1cccc(OC(=O)c2cccc(C)c2-c2ccc3c(c2)CN2CN3Cc3cc(C)ccc32)c1. The molecule has 0 saturated heterocycles. The number of anilines is 2. The van der Waals surface area contributed by atoms with Crippen molar-refractivity contribution in [2.24, 2.45) is 0 Å². The van der Waals surface area contributed by atoms with Gasteiger partial charge in [0.1, 0.15) is 5.75 Å². The van der Waals surface area contributed by atoms with Crippen LogP contribution in [-0.2, 0) is 13.1 Å². The Balaban J connectivity index is 1.36. The lowest BCUT2D eigenvalue weighted by Gasteiger charge is -2.45. The molecule has 4 nitrogen and oxygen atoms in total. The molecule has 6 rings (SSSR count). The second-order valence-electron chi connectivity index (χ2n) is 9.72. The first kappa shape index (κ1) is 21.5. The zero-order valence-electron chi connectivity index (χ0n) is 20.3. The number of aryl methyl sites for hydroxylation is 3. The van der Waals surface area contributed by atoms with Crippen molar-refractivity contribution in [2.75, 3.05) is 16.5 Å². The lowest BCUT2D eigenvalue weighted by atomic mass is 9.92. The second kappa shape index (κ2) is 8.31. The summed E-state index contributed by atoms with van der Waals surface area (Å²) in [6.45, 7) is 8.87. The van der Waals surface area contributed by atoms with Crippen LogP contribution in [0.2, 0.25) is 0 Å². The molecule has 0 unspecified atom stereocenters. The van der Waals surface area contributed by atoms with Gasteiger partial charge in [-0.3, -0.25) is 0 Å². The Bertz CT molecular complexity index is 1470. The molecule has 0 spiro atoms. The van der Waals surface area contributed by atoms with E-state index in [1.807, 2.05) is 43.3 Å². The van der Waals surface area contributed by atoms with Gasteiger partial charge in [-0.2, -0.15) is 0 Å². The summed E-state index contributed by atoms with van der Waals surface area (Å²) in [6.07, 6.45) is 0.